The molecular weight excluding hydrogens is 314 g/mol. The van der Waals surface area contributed by atoms with Gasteiger partial charge in [-0.2, -0.15) is 4.31 Å². The third-order valence-electron chi connectivity index (χ3n) is 3.37. The molecule has 1 heterocycles. The molecule has 118 valence electrons. The maximum atomic E-state index is 12.5. The lowest BCUT2D eigenvalue weighted by atomic mass is 10.3. The van der Waals surface area contributed by atoms with Crippen molar-refractivity contribution in [2.75, 3.05) is 26.7 Å². The first-order valence-corrected chi connectivity index (χ1v) is 9.47. The number of benzene rings is 1. The Kier molecular flexibility index (Phi) is 4.69. The summed E-state index contributed by atoms with van der Waals surface area (Å²) in [7, 11) is -5.84. The fourth-order valence-electron chi connectivity index (χ4n) is 2.17. The van der Waals surface area contributed by atoms with Gasteiger partial charge in [0.15, 0.2) is 0 Å². The van der Waals surface area contributed by atoms with Crippen LogP contribution in [-0.4, -0.2) is 53.9 Å². The number of piperazine rings is 1. The summed E-state index contributed by atoms with van der Waals surface area (Å²) in [6.45, 7) is 3.33. The molecule has 2 N–H and O–H groups in total. The van der Waals surface area contributed by atoms with Crippen molar-refractivity contribution in [2.45, 2.75) is 22.8 Å². The molecule has 0 spiro atoms. The average molecular weight is 333 g/mol. The Labute approximate surface area is 125 Å². The van der Waals surface area contributed by atoms with Crippen LogP contribution in [0.1, 0.15) is 6.92 Å². The number of rotatable bonds is 4. The minimum Gasteiger partial charge on any atom is -0.312 e. The molecule has 2 rings (SSSR count). The molecule has 0 radical (unpaired) electrons. The van der Waals surface area contributed by atoms with Crippen molar-refractivity contribution in [2.24, 2.45) is 0 Å². The van der Waals surface area contributed by atoms with Crippen LogP contribution in [0.2, 0.25) is 0 Å². The molecular formula is C12H19N3O4S2. The summed E-state index contributed by atoms with van der Waals surface area (Å²) in [5.41, 5.74) is 0. The summed E-state index contributed by atoms with van der Waals surface area (Å²) < 4.78 is 51.8. The van der Waals surface area contributed by atoms with Crippen LogP contribution in [0.3, 0.4) is 0 Å². The molecule has 0 aliphatic carbocycles. The highest BCUT2D eigenvalue weighted by Gasteiger charge is 2.28. The van der Waals surface area contributed by atoms with Gasteiger partial charge in [0.1, 0.15) is 0 Å². The minimum atomic E-state index is -3.59. The Morgan fingerprint density at radius 3 is 2.24 bits per heavy atom. The molecule has 9 heteroatoms. The quantitative estimate of drug-likeness (QED) is 0.780. The van der Waals surface area contributed by atoms with E-state index in [9.17, 15) is 16.8 Å². The van der Waals surface area contributed by atoms with Crippen LogP contribution >= 0.6 is 0 Å². The standard InChI is InChI=1S/C12H19N3O4S2/c1-10-9-15(8-7-14-10)21(18,19)12-5-3-11(4-6-12)20(16,17)13-2/h3-6,10,13-14H,7-9H2,1-2H3. The van der Waals surface area contributed by atoms with Crippen LogP contribution in [-0.2, 0) is 20.0 Å². The fourth-order valence-corrected chi connectivity index (χ4v) is 4.43. The van der Waals surface area contributed by atoms with Crippen molar-refractivity contribution < 1.29 is 16.8 Å². The summed E-state index contributed by atoms with van der Waals surface area (Å²) in [6.07, 6.45) is 0. The minimum absolute atomic E-state index is 0.0395. The molecule has 1 saturated heterocycles. The van der Waals surface area contributed by atoms with Crippen LogP contribution in [0.4, 0.5) is 0 Å². The van der Waals surface area contributed by atoms with Crippen LogP contribution < -0.4 is 10.0 Å². The maximum Gasteiger partial charge on any atom is 0.243 e. The highest BCUT2D eigenvalue weighted by atomic mass is 32.2. The van der Waals surface area contributed by atoms with Crippen LogP contribution in [0.15, 0.2) is 34.1 Å². The molecule has 7 nitrogen and oxygen atoms in total. The van der Waals surface area contributed by atoms with E-state index in [1.165, 1.54) is 35.6 Å². The van der Waals surface area contributed by atoms with Gasteiger partial charge in [0.2, 0.25) is 20.0 Å². The second-order valence-electron chi connectivity index (χ2n) is 4.90. The molecule has 0 aromatic heterocycles. The van der Waals surface area contributed by atoms with Gasteiger partial charge in [-0.3, -0.25) is 0 Å². The van der Waals surface area contributed by atoms with E-state index in [-0.39, 0.29) is 15.8 Å². The van der Waals surface area contributed by atoms with E-state index >= 15 is 0 Å². The number of hydrogen-bond acceptors (Lipinski definition) is 5. The lowest BCUT2D eigenvalue weighted by Gasteiger charge is -2.31. The van der Waals surface area contributed by atoms with E-state index in [0.29, 0.717) is 19.6 Å². The topological polar surface area (TPSA) is 95.6 Å². The SMILES string of the molecule is CNS(=O)(=O)c1ccc(S(=O)(=O)N2CCNC(C)C2)cc1. The normalized spacial score (nSPS) is 21.3. The summed E-state index contributed by atoms with van der Waals surface area (Å²) in [5, 5.41) is 3.18. The molecule has 1 unspecified atom stereocenters. The first-order valence-electron chi connectivity index (χ1n) is 6.54. The highest BCUT2D eigenvalue weighted by Crippen LogP contribution is 2.19. The van der Waals surface area contributed by atoms with E-state index in [4.69, 9.17) is 0 Å². The first-order chi connectivity index (χ1) is 9.77. The predicted molar refractivity (Wildman–Crippen MR) is 78.9 cm³/mol. The molecule has 1 fully saturated rings. The van der Waals surface area contributed by atoms with Gasteiger partial charge in [0.05, 0.1) is 9.79 Å². The van der Waals surface area contributed by atoms with Gasteiger partial charge in [-0.1, -0.05) is 0 Å². The zero-order chi connectivity index (χ0) is 15.7. The van der Waals surface area contributed by atoms with Gasteiger partial charge >= 0.3 is 0 Å². The highest BCUT2D eigenvalue weighted by molar-refractivity contribution is 7.89. The largest absolute Gasteiger partial charge is 0.312 e. The van der Waals surface area contributed by atoms with Crippen molar-refractivity contribution in [1.82, 2.24) is 14.3 Å². The third kappa shape index (κ3) is 3.43. The molecule has 0 saturated carbocycles. The summed E-state index contributed by atoms with van der Waals surface area (Å²) in [4.78, 5) is 0.143. The van der Waals surface area contributed by atoms with E-state index in [2.05, 4.69) is 10.0 Å². The molecule has 21 heavy (non-hydrogen) atoms. The predicted octanol–water partition coefficient (Wildman–Crippen LogP) is -0.423. The van der Waals surface area contributed by atoms with Crippen LogP contribution in [0.5, 0.6) is 0 Å². The molecule has 1 aromatic rings. The molecule has 1 aromatic carbocycles. The lowest BCUT2D eigenvalue weighted by molar-refractivity contribution is 0.310. The second-order valence-corrected chi connectivity index (χ2v) is 8.72. The molecule has 1 atom stereocenters. The van der Waals surface area contributed by atoms with Gasteiger partial charge in [0.25, 0.3) is 0 Å². The zero-order valence-electron chi connectivity index (χ0n) is 11.9. The molecule has 1 aliphatic heterocycles. The van der Waals surface area contributed by atoms with Crippen molar-refractivity contribution in [3.05, 3.63) is 24.3 Å². The van der Waals surface area contributed by atoms with Gasteiger partial charge in [-0.05, 0) is 38.2 Å². The number of hydrogen-bond donors (Lipinski definition) is 2. The van der Waals surface area contributed by atoms with Gasteiger partial charge < -0.3 is 5.32 Å². The maximum absolute atomic E-state index is 12.5. The molecule has 1 aliphatic rings. The second kappa shape index (κ2) is 6.01. The summed E-state index contributed by atoms with van der Waals surface area (Å²) >= 11 is 0. The number of nitrogens with one attached hydrogen (secondary N) is 2. The summed E-state index contributed by atoms with van der Waals surface area (Å²) in [6, 6.07) is 5.34. The summed E-state index contributed by atoms with van der Waals surface area (Å²) in [5.74, 6) is 0. The number of sulfonamides is 2. The Bertz CT molecular complexity index is 699. The molecule has 0 bridgehead atoms. The fraction of sp³-hybridized carbons (Fsp3) is 0.500. The Morgan fingerprint density at radius 2 is 1.71 bits per heavy atom. The van der Waals surface area contributed by atoms with Crippen molar-refractivity contribution in [3.8, 4) is 0 Å². The van der Waals surface area contributed by atoms with Crippen molar-refractivity contribution >= 4 is 20.0 Å². The van der Waals surface area contributed by atoms with Crippen molar-refractivity contribution in [1.29, 1.82) is 0 Å². The van der Waals surface area contributed by atoms with Gasteiger partial charge in [-0.15, -0.1) is 0 Å². The Morgan fingerprint density at radius 1 is 1.14 bits per heavy atom. The molecule has 0 amide bonds. The van der Waals surface area contributed by atoms with E-state index in [0.717, 1.165) is 0 Å². The average Bonchev–Trinajstić information content (AvgIpc) is 2.47. The third-order valence-corrected chi connectivity index (χ3v) is 6.68. The zero-order valence-corrected chi connectivity index (χ0v) is 13.5. The lowest BCUT2D eigenvalue weighted by Crippen LogP contribution is -2.51. The van der Waals surface area contributed by atoms with E-state index in [1.54, 1.807) is 0 Å². The Balaban J connectivity index is 2.29. The monoisotopic (exact) mass is 333 g/mol. The number of nitrogens with zero attached hydrogens (tertiary/aromatic N) is 1. The van der Waals surface area contributed by atoms with Crippen molar-refractivity contribution in [3.63, 3.8) is 0 Å². The van der Waals surface area contributed by atoms with Crippen LogP contribution in [0, 0.1) is 0 Å². The smallest absolute Gasteiger partial charge is 0.243 e. The Hall–Kier alpha value is -1.00. The van der Waals surface area contributed by atoms with Gasteiger partial charge in [0, 0.05) is 25.7 Å². The van der Waals surface area contributed by atoms with Crippen LogP contribution in [0.25, 0.3) is 0 Å². The van der Waals surface area contributed by atoms with E-state index in [1.807, 2.05) is 6.92 Å². The van der Waals surface area contributed by atoms with E-state index < -0.39 is 20.0 Å². The first kappa shape index (κ1) is 16.4. The van der Waals surface area contributed by atoms with Gasteiger partial charge in [-0.25, -0.2) is 21.6 Å².